The van der Waals surface area contributed by atoms with Crippen molar-refractivity contribution in [2.75, 3.05) is 12.3 Å². The Hall–Kier alpha value is -0.750. The van der Waals surface area contributed by atoms with E-state index in [0.717, 1.165) is 23.3 Å². The molecular formula is C18H27NO2S2. The van der Waals surface area contributed by atoms with Crippen LogP contribution >= 0.6 is 10.9 Å². The lowest BCUT2D eigenvalue weighted by atomic mass is 10.0. The molecule has 1 unspecified atom stereocenters. The van der Waals surface area contributed by atoms with Gasteiger partial charge in [-0.15, -0.1) is 4.72 Å². The molecule has 128 valence electrons. The minimum atomic E-state index is -1.06. The number of ketones is 1. The second kappa shape index (κ2) is 7.43. The van der Waals surface area contributed by atoms with Gasteiger partial charge >= 0.3 is 0 Å². The highest BCUT2D eigenvalue weighted by atomic mass is 32.2. The Morgan fingerprint density at radius 2 is 2.00 bits per heavy atom. The average molecular weight is 354 g/mol. The topological polar surface area (TPSA) is 52.2 Å². The summed E-state index contributed by atoms with van der Waals surface area (Å²) in [7, 11) is -0.405. The van der Waals surface area contributed by atoms with Crippen LogP contribution in [0.1, 0.15) is 49.2 Å². The molecule has 1 heterocycles. The van der Waals surface area contributed by atoms with Crippen molar-refractivity contribution in [3.05, 3.63) is 40.3 Å². The molecule has 0 bridgehead atoms. The third kappa shape index (κ3) is 4.41. The first-order valence-electron chi connectivity index (χ1n) is 8.02. The maximum absolute atomic E-state index is 12.2. The molecule has 2 atom stereocenters. The van der Waals surface area contributed by atoms with Gasteiger partial charge < -0.3 is 4.55 Å². The summed E-state index contributed by atoms with van der Waals surface area (Å²) in [5.41, 5.74) is 3.21. The molecule has 5 heteroatoms. The third-order valence-electron chi connectivity index (χ3n) is 3.82. The zero-order valence-electron chi connectivity index (χ0n) is 14.6. The normalized spacial score (nSPS) is 20.4. The maximum atomic E-state index is 12.2. The van der Waals surface area contributed by atoms with Crippen LogP contribution in [0.15, 0.2) is 28.5 Å². The van der Waals surface area contributed by atoms with E-state index in [1.54, 1.807) is 6.08 Å². The van der Waals surface area contributed by atoms with Crippen molar-refractivity contribution < 1.29 is 9.35 Å². The van der Waals surface area contributed by atoms with E-state index in [1.165, 1.54) is 10.5 Å². The molecule has 0 amide bonds. The Labute approximate surface area is 145 Å². The van der Waals surface area contributed by atoms with Crippen molar-refractivity contribution in [3.63, 3.8) is 0 Å². The van der Waals surface area contributed by atoms with E-state index < -0.39 is 22.3 Å². The minimum Gasteiger partial charge on any atom is -0.598 e. The van der Waals surface area contributed by atoms with Crippen molar-refractivity contribution >= 4 is 28.0 Å². The van der Waals surface area contributed by atoms with Crippen molar-refractivity contribution in [2.24, 2.45) is 0 Å². The van der Waals surface area contributed by atoms with Crippen LogP contribution in [0.3, 0.4) is 0 Å². The molecular weight excluding hydrogens is 326 g/mol. The molecule has 2 rings (SSSR count). The van der Waals surface area contributed by atoms with Crippen LogP contribution in [0, 0.1) is 6.92 Å². The minimum absolute atomic E-state index is 0.114. The Kier molecular flexibility index (Phi) is 6.00. The van der Waals surface area contributed by atoms with Gasteiger partial charge in [0.25, 0.3) is 0 Å². The summed E-state index contributed by atoms with van der Waals surface area (Å²) in [6.45, 7) is 10.8. The number of fused-ring (bicyclic) bond motifs is 1. The summed E-state index contributed by atoms with van der Waals surface area (Å²) in [6.07, 6.45) is 2.53. The molecule has 1 aromatic carbocycles. The van der Waals surface area contributed by atoms with Crippen LogP contribution in [0.25, 0.3) is 0 Å². The Morgan fingerprint density at radius 1 is 1.30 bits per heavy atom. The number of carbonyl (C=O) groups is 1. The predicted molar refractivity (Wildman–Crippen MR) is 102 cm³/mol. The lowest BCUT2D eigenvalue weighted by Gasteiger charge is -2.27. The highest BCUT2D eigenvalue weighted by Gasteiger charge is 2.26. The van der Waals surface area contributed by atoms with E-state index >= 15 is 0 Å². The van der Waals surface area contributed by atoms with Gasteiger partial charge in [-0.1, -0.05) is 18.6 Å². The predicted octanol–water partition coefficient (Wildman–Crippen LogP) is 3.68. The van der Waals surface area contributed by atoms with Gasteiger partial charge in [-0.3, -0.25) is 4.79 Å². The molecule has 0 saturated heterocycles. The van der Waals surface area contributed by atoms with E-state index in [4.69, 9.17) is 0 Å². The molecule has 1 N–H and O–H groups in total. The van der Waals surface area contributed by atoms with Crippen LogP contribution in [0.5, 0.6) is 0 Å². The molecule has 23 heavy (non-hydrogen) atoms. The first-order valence-corrected chi connectivity index (χ1v) is 10.8. The van der Waals surface area contributed by atoms with Gasteiger partial charge in [-0.2, -0.15) is 0 Å². The van der Waals surface area contributed by atoms with Gasteiger partial charge in [0.1, 0.15) is 4.75 Å². The standard InChI is InChI=1S/C18H27NO2S2/c1-6-22-10-8-16(20)15-12-13(2)11-14(17(15)22)7-9-19-23(21)18(3,4)5/h8,10-12,19,22H,6-7,9H2,1-5H3/t23-/m1/s1. The summed E-state index contributed by atoms with van der Waals surface area (Å²) in [5.74, 6) is 1.16. The highest BCUT2D eigenvalue weighted by molar-refractivity contribution is 8.19. The molecule has 1 aliphatic heterocycles. The number of aryl methyl sites for hydroxylation is 1. The van der Waals surface area contributed by atoms with Gasteiger partial charge in [0.15, 0.2) is 5.78 Å². The fraction of sp³-hybridized carbons (Fsp3) is 0.500. The summed E-state index contributed by atoms with van der Waals surface area (Å²) in [6, 6.07) is 4.19. The maximum Gasteiger partial charge on any atom is 0.187 e. The summed E-state index contributed by atoms with van der Waals surface area (Å²) >= 11 is -1.06. The quantitative estimate of drug-likeness (QED) is 0.627. The van der Waals surface area contributed by atoms with Crippen molar-refractivity contribution in [3.8, 4) is 0 Å². The second-order valence-electron chi connectivity index (χ2n) is 6.81. The second-order valence-corrected chi connectivity index (χ2v) is 11.2. The molecule has 0 aromatic heterocycles. The summed E-state index contributed by atoms with van der Waals surface area (Å²) in [5, 5.41) is 2.08. The van der Waals surface area contributed by atoms with Crippen LogP contribution < -0.4 is 4.72 Å². The number of hydrogen-bond donors (Lipinski definition) is 2. The van der Waals surface area contributed by atoms with Crippen LogP contribution in [-0.2, 0) is 17.8 Å². The van der Waals surface area contributed by atoms with E-state index in [2.05, 4.69) is 23.1 Å². The zero-order valence-corrected chi connectivity index (χ0v) is 16.3. The number of hydrogen-bond acceptors (Lipinski definition) is 3. The number of rotatable bonds is 5. The van der Waals surface area contributed by atoms with E-state index in [0.29, 0.717) is 6.54 Å². The Bertz CT molecular complexity index is 620. The summed E-state index contributed by atoms with van der Waals surface area (Å²) < 4.78 is 15.0. The monoisotopic (exact) mass is 353 g/mol. The molecule has 1 aliphatic rings. The average Bonchev–Trinajstić information content (AvgIpc) is 2.47. The summed E-state index contributed by atoms with van der Waals surface area (Å²) in [4.78, 5) is 13.5. The van der Waals surface area contributed by atoms with Crippen molar-refractivity contribution in [2.45, 2.75) is 50.7 Å². The largest absolute Gasteiger partial charge is 0.598 e. The lowest BCUT2D eigenvalue weighted by Crippen LogP contribution is -2.40. The molecule has 0 spiro atoms. The number of benzene rings is 1. The number of thiol groups is 1. The van der Waals surface area contributed by atoms with Gasteiger partial charge in [-0.05, 0) is 63.0 Å². The first-order chi connectivity index (χ1) is 10.7. The van der Waals surface area contributed by atoms with E-state index in [-0.39, 0.29) is 10.5 Å². The van der Waals surface area contributed by atoms with Gasteiger partial charge in [0.05, 0.1) is 0 Å². The van der Waals surface area contributed by atoms with Gasteiger partial charge in [-0.25, -0.2) is 10.9 Å². The molecule has 0 fully saturated rings. The van der Waals surface area contributed by atoms with Crippen molar-refractivity contribution in [1.82, 2.24) is 4.72 Å². The fourth-order valence-electron chi connectivity index (χ4n) is 2.65. The number of allylic oxidation sites excluding steroid dienone is 1. The smallest absolute Gasteiger partial charge is 0.187 e. The molecule has 1 aromatic rings. The Morgan fingerprint density at radius 3 is 2.61 bits per heavy atom. The molecule has 0 aliphatic carbocycles. The van der Waals surface area contributed by atoms with Crippen LogP contribution in [0.4, 0.5) is 0 Å². The molecule has 3 nitrogen and oxygen atoms in total. The number of carbonyl (C=O) groups excluding carboxylic acids is 1. The van der Waals surface area contributed by atoms with Gasteiger partial charge in [0.2, 0.25) is 0 Å². The number of nitrogens with one attached hydrogen (secondary N) is 1. The molecule has 0 saturated carbocycles. The Balaban J connectivity index is 2.22. The van der Waals surface area contributed by atoms with Crippen LogP contribution in [0.2, 0.25) is 0 Å². The van der Waals surface area contributed by atoms with Gasteiger partial charge in [0, 0.05) is 28.4 Å². The third-order valence-corrected chi connectivity index (χ3v) is 7.69. The highest BCUT2D eigenvalue weighted by Crippen LogP contribution is 2.45. The van der Waals surface area contributed by atoms with Crippen molar-refractivity contribution in [1.29, 1.82) is 0 Å². The van der Waals surface area contributed by atoms with E-state index in [9.17, 15) is 9.35 Å². The zero-order chi connectivity index (χ0) is 17.2. The van der Waals surface area contributed by atoms with E-state index in [1.807, 2.05) is 33.8 Å². The first kappa shape index (κ1) is 18.6. The SMILES string of the molecule is CC[SH]1C=CC(=O)c2cc(C)cc(CCN[S@+]([O-])C(C)(C)C)c21. The lowest BCUT2D eigenvalue weighted by molar-refractivity contribution is 0.104. The molecule has 0 radical (unpaired) electrons. The van der Waals surface area contributed by atoms with Crippen LogP contribution in [-0.4, -0.2) is 27.4 Å². The fourth-order valence-corrected chi connectivity index (χ4v) is 5.39.